The van der Waals surface area contributed by atoms with Crippen molar-refractivity contribution < 1.29 is 0 Å². The van der Waals surface area contributed by atoms with E-state index in [2.05, 4.69) is 4.98 Å². The van der Waals surface area contributed by atoms with Gasteiger partial charge in [0.2, 0.25) is 5.95 Å². The third-order valence-corrected chi connectivity index (χ3v) is 5.60. The molecular formula is C20H23N5O2. The van der Waals surface area contributed by atoms with Crippen LogP contribution in [0.3, 0.4) is 0 Å². The molecule has 1 aromatic carbocycles. The highest BCUT2D eigenvalue weighted by Gasteiger charge is 2.29. The molecule has 2 aromatic heterocycles. The summed E-state index contributed by atoms with van der Waals surface area (Å²) < 4.78 is 4.83. The number of aromatic nitrogens is 4. The molecule has 0 radical (unpaired) electrons. The van der Waals surface area contributed by atoms with Gasteiger partial charge in [0.1, 0.15) is 0 Å². The van der Waals surface area contributed by atoms with Gasteiger partial charge in [0.05, 0.1) is 6.54 Å². The van der Waals surface area contributed by atoms with Crippen LogP contribution in [0.1, 0.15) is 31.2 Å². The molecule has 7 heteroatoms. The number of nitrogens with zero attached hydrogens (tertiary/aromatic N) is 4. The minimum atomic E-state index is -0.269. The minimum Gasteiger partial charge on any atom is -0.369 e. The molecule has 5 rings (SSSR count). The average molecular weight is 365 g/mol. The fourth-order valence-electron chi connectivity index (χ4n) is 3.68. The molecule has 7 nitrogen and oxygen atoms in total. The van der Waals surface area contributed by atoms with Gasteiger partial charge >= 0.3 is 5.69 Å². The topological polar surface area (TPSA) is 87.8 Å². The Balaban J connectivity index is 1.72. The van der Waals surface area contributed by atoms with Crippen molar-refractivity contribution in [3.05, 3.63) is 56.7 Å². The van der Waals surface area contributed by atoms with Crippen molar-refractivity contribution >= 4 is 17.1 Å². The Kier molecular flexibility index (Phi) is 3.70. The summed E-state index contributed by atoms with van der Waals surface area (Å²) in [6.07, 6.45) is 4.40. The second-order valence-electron chi connectivity index (χ2n) is 7.91. The number of fused-ring (bicyclic) bond motifs is 1. The first-order valence-corrected chi connectivity index (χ1v) is 9.65. The van der Waals surface area contributed by atoms with Gasteiger partial charge in [0, 0.05) is 13.1 Å². The first-order chi connectivity index (χ1) is 13.1. The first kappa shape index (κ1) is 16.4. The van der Waals surface area contributed by atoms with E-state index < -0.39 is 0 Å². The zero-order chi connectivity index (χ0) is 18.5. The maximum Gasteiger partial charge on any atom is 0.332 e. The highest BCUT2D eigenvalue weighted by molar-refractivity contribution is 5.74. The van der Waals surface area contributed by atoms with Crippen molar-refractivity contribution in [1.29, 1.82) is 0 Å². The number of nitrogens with two attached hydrogens (primary N) is 1. The van der Waals surface area contributed by atoms with Crippen LogP contribution in [-0.4, -0.2) is 18.7 Å². The third-order valence-electron chi connectivity index (χ3n) is 5.60. The van der Waals surface area contributed by atoms with Crippen molar-refractivity contribution in [3.63, 3.8) is 0 Å². The molecule has 140 valence electrons. The molecule has 2 heterocycles. The Bertz CT molecular complexity index is 1120. The van der Waals surface area contributed by atoms with Gasteiger partial charge in [-0.2, -0.15) is 4.98 Å². The summed E-state index contributed by atoms with van der Waals surface area (Å²) in [4.78, 5) is 30.7. The largest absolute Gasteiger partial charge is 0.369 e. The second-order valence-corrected chi connectivity index (χ2v) is 7.91. The quantitative estimate of drug-likeness (QED) is 0.722. The highest BCUT2D eigenvalue weighted by Crippen LogP contribution is 2.32. The summed E-state index contributed by atoms with van der Waals surface area (Å²) in [5.74, 6) is 1.21. The molecule has 0 aliphatic heterocycles. The van der Waals surface area contributed by atoms with Gasteiger partial charge in [0.15, 0.2) is 11.2 Å². The maximum absolute atomic E-state index is 13.2. The lowest BCUT2D eigenvalue weighted by Crippen LogP contribution is -2.41. The number of nitrogen functional groups attached to an aromatic ring is 1. The van der Waals surface area contributed by atoms with Gasteiger partial charge in [-0.25, -0.2) is 4.79 Å². The van der Waals surface area contributed by atoms with Gasteiger partial charge in [-0.3, -0.25) is 13.9 Å². The van der Waals surface area contributed by atoms with Crippen LogP contribution in [0.15, 0.2) is 39.9 Å². The van der Waals surface area contributed by atoms with Crippen LogP contribution in [0.4, 0.5) is 5.95 Å². The summed E-state index contributed by atoms with van der Waals surface area (Å²) in [7, 11) is 0. The fourth-order valence-corrected chi connectivity index (χ4v) is 3.68. The van der Waals surface area contributed by atoms with E-state index in [4.69, 9.17) is 5.73 Å². The van der Waals surface area contributed by atoms with E-state index >= 15 is 0 Å². The molecule has 2 fully saturated rings. The molecular weight excluding hydrogens is 342 g/mol. The van der Waals surface area contributed by atoms with E-state index in [0.29, 0.717) is 42.6 Å². The van der Waals surface area contributed by atoms with Crippen molar-refractivity contribution in [1.82, 2.24) is 18.7 Å². The van der Waals surface area contributed by atoms with Crippen molar-refractivity contribution in [2.75, 3.05) is 5.73 Å². The predicted molar refractivity (Wildman–Crippen MR) is 104 cm³/mol. The summed E-state index contributed by atoms with van der Waals surface area (Å²) in [5.41, 5.74) is 7.59. The molecule has 3 aromatic rings. The zero-order valence-corrected chi connectivity index (χ0v) is 15.2. The molecule has 0 atom stereocenters. The molecule has 2 aliphatic rings. The highest BCUT2D eigenvalue weighted by atomic mass is 16.2. The number of anilines is 1. The molecule has 2 saturated carbocycles. The summed E-state index contributed by atoms with van der Waals surface area (Å²) in [6.45, 7) is 1.57. The number of hydrogen-bond donors (Lipinski definition) is 1. The Morgan fingerprint density at radius 2 is 1.56 bits per heavy atom. The van der Waals surface area contributed by atoms with E-state index in [1.54, 1.807) is 9.13 Å². The molecule has 0 amide bonds. The Morgan fingerprint density at radius 1 is 0.926 bits per heavy atom. The van der Waals surface area contributed by atoms with Gasteiger partial charge in [-0.1, -0.05) is 30.3 Å². The predicted octanol–water partition coefficient (Wildman–Crippen LogP) is 1.81. The Hall–Kier alpha value is -2.83. The van der Waals surface area contributed by atoms with Crippen LogP contribution in [-0.2, 0) is 19.6 Å². The standard InChI is InChI=1S/C20H23N5O2/c21-19-22-17-16(23(19)10-13-4-2-1-3-5-13)18(26)25(12-15-8-9-15)20(27)24(17)11-14-6-7-14/h1-5,14-15H,6-12H2,(H2,21,22). The molecule has 27 heavy (non-hydrogen) atoms. The summed E-state index contributed by atoms with van der Waals surface area (Å²) >= 11 is 0. The lowest BCUT2D eigenvalue weighted by Gasteiger charge is -2.12. The second kappa shape index (κ2) is 6.11. The normalized spacial score (nSPS) is 16.9. The van der Waals surface area contributed by atoms with Gasteiger partial charge in [-0.15, -0.1) is 0 Å². The van der Waals surface area contributed by atoms with E-state index in [9.17, 15) is 9.59 Å². The summed E-state index contributed by atoms with van der Waals surface area (Å²) in [6, 6.07) is 9.86. The third kappa shape index (κ3) is 2.97. The molecule has 0 saturated heterocycles. The van der Waals surface area contributed by atoms with E-state index in [1.165, 1.54) is 4.57 Å². The maximum atomic E-state index is 13.2. The summed E-state index contributed by atoms with van der Waals surface area (Å²) in [5, 5.41) is 0. The van der Waals surface area contributed by atoms with Crippen LogP contribution in [0, 0.1) is 11.8 Å². The number of hydrogen-bond acceptors (Lipinski definition) is 4. The van der Waals surface area contributed by atoms with Crippen LogP contribution in [0.25, 0.3) is 11.2 Å². The minimum absolute atomic E-state index is 0.240. The number of imidazole rings is 1. The molecule has 0 bridgehead atoms. The number of rotatable bonds is 6. The van der Waals surface area contributed by atoms with Crippen molar-refractivity contribution in [2.45, 2.75) is 45.3 Å². The lowest BCUT2D eigenvalue weighted by molar-refractivity contribution is 0.519. The van der Waals surface area contributed by atoms with E-state index in [0.717, 1.165) is 31.2 Å². The lowest BCUT2D eigenvalue weighted by atomic mass is 10.2. The molecule has 2 N–H and O–H groups in total. The van der Waals surface area contributed by atoms with Crippen molar-refractivity contribution in [3.8, 4) is 0 Å². The van der Waals surface area contributed by atoms with Crippen LogP contribution >= 0.6 is 0 Å². The van der Waals surface area contributed by atoms with Crippen LogP contribution in [0.2, 0.25) is 0 Å². The van der Waals surface area contributed by atoms with Crippen LogP contribution < -0.4 is 17.0 Å². The Labute approximate surface area is 156 Å². The van der Waals surface area contributed by atoms with Gasteiger partial charge in [0.25, 0.3) is 5.56 Å². The van der Waals surface area contributed by atoms with Gasteiger partial charge < -0.3 is 10.3 Å². The smallest absolute Gasteiger partial charge is 0.332 e. The zero-order valence-electron chi connectivity index (χ0n) is 15.2. The Morgan fingerprint density at radius 3 is 2.19 bits per heavy atom. The monoisotopic (exact) mass is 365 g/mol. The molecule has 0 unspecified atom stereocenters. The molecule has 2 aliphatic carbocycles. The SMILES string of the molecule is Nc1nc2c(c(=O)n(CC3CC3)c(=O)n2CC2CC2)n1Cc1ccccc1. The van der Waals surface area contributed by atoms with E-state index in [-0.39, 0.29) is 17.2 Å². The van der Waals surface area contributed by atoms with Crippen LogP contribution in [0.5, 0.6) is 0 Å². The number of benzene rings is 1. The van der Waals surface area contributed by atoms with Crippen molar-refractivity contribution in [2.24, 2.45) is 11.8 Å². The van der Waals surface area contributed by atoms with Gasteiger partial charge in [-0.05, 0) is 43.1 Å². The molecule has 0 spiro atoms. The van der Waals surface area contributed by atoms with E-state index in [1.807, 2.05) is 30.3 Å². The first-order valence-electron chi connectivity index (χ1n) is 9.65. The fraction of sp³-hybridized carbons (Fsp3) is 0.450. The average Bonchev–Trinajstić information content (AvgIpc) is 3.58.